The summed E-state index contributed by atoms with van der Waals surface area (Å²) in [5.41, 5.74) is 0.962. The largest absolute Gasteiger partial charge is 0.484 e. The zero-order valence-electron chi connectivity index (χ0n) is 14.6. The number of benzene rings is 2. The van der Waals surface area contributed by atoms with E-state index < -0.39 is 0 Å². The van der Waals surface area contributed by atoms with Gasteiger partial charge in [-0.25, -0.2) is 4.98 Å². The number of hydrogen-bond acceptors (Lipinski definition) is 5. The number of halogens is 1. The Kier molecular flexibility index (Phi) is 5.45. The third kappa shape index (κ3) is 4.51. The molecule has 0 unspecified atom stereocenters. The van der Waals surface area contributed by atoms with Gasteiger partial charge in [0.2, 0.25) is 0 Å². The summed E-state index contributed by atoms with van der Waals surface area (Å²) in [6.45, 7) is 1.36. The van der Waals surface area contributed by atoms with Gasteiger partial charge in [-0.05, 0) is 36.4 Å². The van der Waals surface area contributed by atoms with Crippen molar-refractivity contribution in [2.45, 2.75) is 18.9 Å². The smallest absolute Gasteiger partial charge is 0.274 e. The van der Waals surface area contributed by atoms with Crippen LogP contribution in [-0.4, -0.2) is 41.6 Å². The summed E-state index contributed by atoms with van der Waals surface area (Å²) in [6, 6.07) is 15.0. The van der Waals surface area contributed by atoms with E-state index in [-0.39, 0.29) is 18.6 Å². The Labute approximate surface area is 166 Å². The van der Waals surface area contributed by atoms with Gasteiger partial charge < -0.3 is 14.4 Å². The molecule has 0 spiro atoms. The molecule has 0 bridgehead atoms. The molecule has 1 saturated heterocycles. The van der Waals surface area contributed by atoms with Crippen LogP contribution in [0.2, 0.25) is 5.02 Å². The maximum atomic E-state index is 12.3. The minimum absolute atomic E-state index is 0.0108. The molecule has 2 heterocycles. The number of para-hydroxylation sites is 1. The van der Waals surface area contributed by atoms with Gasteiger partial charge in [0.05, 0.1) is 10.2 Å². The zero-order valence-corrected chi connectivity index (χ0v) is 16.2. The fraction of sp³-hybridized carbons (Fsp3) is 0.300. The van der Waals surface area contributed by atoms with Crippen molar-refractivity contribution in [1.82, 2.24) is 9.88 Å². The lowest BCUT2D eigenvalue weighted by atomic mass is 10.1. The van der Waals surface area contributed by atoms with Crippen molar-refractivity contribution >= 4 is 39.1 Å². The average Bonchev–Trinajstić information content (AvgIpc) is 3.10. The Bertz CT molecular complexity index is 887. The molecule has 27 heavy (non-hydrogen) atoms. The number of aromatic nitrogens is 1. The number of likely N-dealkylation sites (tertiary alicyclic amines) is 1. The van der Waals surface area contributed by atoms with E-state index in [2.05, 4.69) is 4.98 Å². The SMILES string of the molecule is O=C(COc1ccc(Cl)cc1)N1CCC(Oc2nc3ccccc3s2)CC1. The van der Waals surface area contributed by atoms with E-state index in [4.69, 9.17) is 21.1 Å². The first-order valence-electron chi connectivity index (χ1n) is 8.86. The van der Waals surface area contributed by atoms with Gasteiger partial charge >= 0.3 is 0 Å². The number of piperidine rings is 1. The van der Waals surface area contributed by atoms with E-state index in [0.717, 1.165) is 23.1 Å². The first kappa shape index (κ1) is 18.1. The summed E-state index contributed by atoms with van der Waals surface area (Å²) in [7, 11) is 0. The second-order valence-corrected chi connectivity index (χ2v) is 7.82. The van der Waals surface area contributed by atoms with Gasteiger partial charge in [0.25, 0.3) is 11.1 Å². The van der Waals surface area contributed by atoms with Crippen molar-refractivity contribution in [2.75, 3.05) is 19.7 Å². The fourth-order valence-electron chi connectivity index (χ4n) is 3.03. The van der Waals surface area contributed by atoms with Crippen molar-refractivity contribution < 1.29 is 14.3 Å². The number of carbonyl (C=O) groups is 1. The van der Waals surface area contributed by atoms with E-state index in [1.54, 1.807) is 35.6 Å². The number of carbonyl (C=O) groups excluding carboxylic acids is 1. The predicted octanol–water partition coefficient (Wildman–Crippen LogP) is 4.40. The highest BCUT2D eigenvalue weighted by molar-refractivity contribution is 7.20. The fourth-order valence-corrected chi connectivity index (χ4v) is 4.04. The van der Waals surface area contributed by atoms with Crippen LogP contribution in [0.3, 0.4) is 0 Å². The quantitative estimate of drug-likeness (QED) is 0.634. The van der Waals surface area contributed by atoms with Crippen LogP contribution in [0.15, 0.2) is 48.5 Å². The molecule has 1 aliphatic rings. The van der Waals surface area contributed by atoms with Gasteiger partial charge in [-0.2, -0.15) is 0 Å². The number of rotatable bonds is 5. The molecule has 3 aromatic rings. The summed E-state index contributed by atoms with van der Waals surface area (Å²) < 4.78 is 12.7. The van der Waals surface area contributed by atoms with E-state index in [1.165, 1.54) is 0 Å². The van der Waals surface area contributed by atoms with E-state index in [1.807, 2.05) is 29.2 Å². The Balaban J connectivity index is 1.25. The minimum Gasteiger partial charge on any atom is -0.484 e. The molecule has 0 aliphatic carbocycles. The topological polar surface area (TPSA) is 51.7 Å². The molecule has 1 aliphatic heterocycles. The van der Waals surface area contributed by atoms with Crippen molar-refractivity contribution in [1.29, 1.82) is 0 Å². The number of thiazole rings is 1. The molecular weight excluding hydrogens is 384 g/mol. The van der Waals surface area contributed by atoms with Crippen LogP contribution in [0, 0.1) is 0 Å². The van der Waals surface area contributed by atoms with Gasteiger partial charge in [-0.3, -0.25) is 4.79 Å². The van der Waals surface area contributed by atoms with Crippen LogP contribution in [0.25, 0.3) is 10.2 Å². The summed E-state index contributed by atoms with van der Waals surface area (Å²) in [4.78, 5) is 18.7. The lowest BCUT2D eigenvalue weighted by Crippen LogP contribution is -2.43. The number of amides is 1. The maximum absolute atomic E-state index is 12.3. The van der Waals surface area contributed by atoms with Crippen LogP contribution in [0.4, 0.5) is 0 Å². The van der Waals surface area contributed by atoms with E-state index in [9.17, 15) is 4.79 Å². The van der Waals surface area contributed by atoms with Gasteiger partial charge in [0.1, 0.15) is 11.9 Å². The minimum atomic E-state index is -0.0108. The molecule has 2 aromatic carbocycles. The molecule has 0 atom stereocenters. The maximum Gasteiger partial charge on any atom is 0.274 e. The third-order valence-corrected chi connectivity index (χ3v) is 5.69. The Morgan fingerprint density at radius 1 is 1.15 bits per heavy atom. The van der Waals surface area contributed by atoms with E-state index in [0.29, 0.717) is 29.1 Å². The van der Waals surface area contributed by atoms with Crippen LogP contribution < -0.4 is 9.47 Å². The highest BCUT2D eigenvalue weighted by Crippen LogP contribution is 2.29. The third-order valence-electron chi connectivity index (χ3n) is 4.51. The summed E-state index contributed by atoms with van der Waals surface area (Å²) in [5.74, 6) is 0.630. The normalized spacial score (nSPS) is 15.1. The number of fused-ring (bicyclic) bond motifs is 1. The standard InChI is InChI=1S/C20H19ClN2O3S/c21-14-5-7-15(8-6-14)25-13-19(24)23-11-9-16(10-12-23)26-20-22-17-3-1-2-4-18(17)27-20/h1-8,16H,9-13H2. The van der Waals surface area contributed by atoms with Crippen molar-refractivity contribution in [3.05, 3.63) is 53.6 Å². The van der Waals surface area contributed by atoms with Gasteiger partial charge in [-0.15, -0.1) is 0 Å². The van der Waals surface area contributed by atoms with Gasteiger partial charge in [-0.1, -0.05) is 35.1 Å². The highest BCUT2D eigenvalue weighted by Gasteiger charge is 2.25. The summed E-state index contributed by atoms with van der Waals surface area (Å²) in [5, 5.41) is 1.34. The van der Waals surface area contributed by atoms with Crippen LogP contribution in [0.5, 0.6) is 10.9 Å². The molecule has 0 radical (unpaired) electrons. The molecule has 1 amide bonds. The average molecular weight is 403 g/mol. The number of ether oxygens (including phenoxy) is 2. The molecule has 0 N–H and O–H groups in total. The van der Waals surface area contributed by atoms with E-state index >= 15 is 0 Å². The molecule has 0 saturated carbocycles. The highest BCUT2D eigenvalue weighted by atomic mass is 35.5. The van der Waals surface area contributed by atoms with Crippen LogP contribution >= 0.6 is 22.9 Å². The molecular formula is C20H19ClN2O3S. The lowest BCUT2D eigenvalue weighted by Gasteiger charge is -2.31. The van der Waals surface area contributed by atoms with Crippen LogP contribution in [0.1, 0.15) is 12.8 Å². The second kappa shape index (κ2) is 8.15. The molecule has 7 heteroatoms. The summed E-state index contributed by atoms with van der Waals surface area (Å²) in [6.07, 6.45) is 1.68. The zero-order chi connectivity index (χ0) is 18.6. The Morgan fingerprint density at radius 2 is 1.89 bits per heavy atom. The van der Waals surface area contributed by atoms with Crippen LogP contribution in [-0.2, 0) is 4.79 Å². The van der Waals surface area contributed by atoms with Crippen molar-refractivity contribution in [3.63, 3.8) is 0 Å². The summed E-state index contributed by atoms with van der Waals surface area (Å²) >= 11 is 7.41. The molecule has 5 nitrogen and oxygen atoms in total. The van der Waals surface area contributed by atoms with Crippen molar-refractivity contribution in [2.24, 2.45) is 0 Å². The van der Waals surface area contributed by atoms with Gasteiger partial charge in [0, 0.05) is 31.0 Å². The second-order valence-electron chi connectivity index (χ2n) is 6.39. The Hall–Kier alpha value is -2.31. The molecule has 1 fully saturated rings. The molecule has 1 aromatic heterocycles. The first-order valence-corrected chi connectivity index (χ1v) is 10.1. The Morgan fingerprint density at radius 3 is 2.63 bits per heavy atom. The first-order chi connectivity index (χ1) is 13.2. The van der Waals surface area contributed by atoms with Crippen molar-refractivity contribution in [3.8, 4) is 10.9 Å². The molecule has 140 valence electrons. The lowest BCUT2D eigenvalue weighted by molar-refractivity contribution is -0.135. The monoisotopic (exact) mass is 402 g/mol. The number of hydrogen-bond donors (Lipinski definition) is 0. The van der Waals surface area contributed by atoms with Gasteiger partial charge in [0.15, 0.2) is 6.61 Å². The predicted molar refractivity (Wildman–Crippen MR) is 107 cm³/mol. The number of nitrogens with zero attached hydrogens (tertiary/aromatic N) is 2. The molecule has 4 rings (SSSR count).